The number of thiazole rings is 1. The van der Waals surface area contributed by atoms with Gasteiger partial charge in [-0.1, -0.05) is 41.7 Å². The Morgan fingerprint density at radius 2 is 1.89 bits per heavy atom. The first-order valence-corrected chi connectivity index (χ1v) is 9.19. The van der Waals surface area contributed by atoms with Gasteiger partial charge in [0, 0.05) is 11.8 Å². The zero-order valence-electron chi connectivity index (χ0n) is 14.5. The van der Waals surface area contributed by atoms with E-state index >= 15 is 0 Å². The number of para-hydroxylation sites is 1. The van der Waals surface area contributed by atoms with Crippen molar-refractivity contribution in [3.63, 3.8) is 0 Å². The van der Waals surface area contributed by atoms with Crippen molar-refractivity contribution < 1.29 is 14.0 Å². The van der Waals surface area contributed by atoms with Crippen LogP contribution in [0.15, 0.2) is 71.7 Å². The fourth-order valence-electron chi connectivity index (χ4n) is 2.59. The van der Waals surface area contributed by atoms with Crippen LogP contribution in [0.1, 0.15) is 15.9 Å². The Kier molecular flexibility index (Phi) is 4.86. The summed E-state index contributed by atoms with van der Waals surface area (Å²) in [5.41, 5.74) is 0.327. The van der Waals surface area contributed by atoms with Gasteiger partial charge in [0.25, 0.3) is 11.5 Å². The molecule has 8 heteroatoms. The summed E-state index contributed by atoms with van der Waals surface area (Å²) in [6.45, 7) is -0.143. The first-order chi connectivity index (χ1) is 13.6. The van der Waals surface area contributed by atoms with E-state index in [1.54, 1.807) is 18.2 Å². The smallest absolute Gasteiger partial charge is 0.295 e. The fourth-order valence-corrected chi connectivity index (χ4v) is 3.46. The summed E-state index contributed by atoms with van der Waals surface area (Å²) in [5, 5.41) is 3.03. The van der Waals surface area contributed by atoms with Gasteiger partial charge in [0.2, 0.25) is 0 Å². The molecule has 1 amide bonds. The predicted molar refractivity (Wildman–Crippen MR) is 105 cm³/mol. The molecule has 1 N–H and O–H groups in total. The zero-order chi connectivity index (χ0) is 19.5. The third-order valence-electron chi connectivity index (χ3n) is 3.99. The summed E-state index contributed by atoms with van der Waals surface area (Å²) in [6, 6.07) is 16.5. The van der Waals surface area contributed by atoms with Crippen molar-refractivity contribution in [1.82, 2.24) is 9.71 Å². The van der Waals surface area contributed by atoms with Gasteiger partial charge in [0.15, 0.2) is 5.13 Å². The quantitative estimate of drug-likeness (QED) is 0.562. The summed E-state index contributed by atoms with van der Waals surface area (Å²) < 4.78 is 15.5. The van der Waals surface area contributed by atoms with Crippen LogP contribution in [0.25, 0.3) is 10.2 Å². The minimum atomic E-state index is -0.641. The van der Waals surface area contributed by atoms with Gasteiger partial charge in [-0.3, -0.25) is 14.9 Å². The molecule has 0 aliphatic heterocycles. The van der Waals surface area contributed by atoms with E-state index in [4.69, 9.17) is 4.84 Å². The highest BCUT2D eigenvalue weighted by Crippen LogP contribution is 2.25. The topological polar surface area (TPSA) is 73.2 Å². The van der Waals surface area contributed by atoms with Gasteiger partial charge in [-0.2, -0.15) is 4.73 Å². The molecule has 0 atom stereocenters. The van der Waals surface area contributed by atoms with Crippen molar-refractivity contribution in [3.05, 3.63) is 94.2 Å². The van der Waals surface area contributed by atoms with E-state index in [9.17, 15) is 14.0 Å². The number of anilines is 1. The Hall–Kier alpha value is -3.52. The van der Waals surface area contributed by atoms with Crippen LogP contribution < -0.4 is 15.7 Å². The fraction of sp³-hybridized carbons (Fsp3) is 0.0500. The average molecular weight is 395 g/mol. The van der Waals surface area contributed by atoms with Crippen molar-refractivity contribution in [1.29, 1.82) is 0 Å². The van der Waals surface area contributed by atoms with E-state index in [-0.39, 0.29) is 12.2 Å². The molecule has 0 spiro atoms. The lowest BCUT2D eigenvalue weighted by Crippen LogP contribution is -2.32. The molecular formula is C20H14FN3O3S. The highest BCUT2D eigenvalue weighted by atomic mass is 32.1. The molecule has 0 unspecified atom stereocenters. The monoisotopic (exact) mass is 395 g/mol. The second-order valence-electron chi connectivity index (χ2n) is 5.86. The molecule has 28 heavy (non-hydrogen) atoms. The summed E-state index contributed by atoms with van der Waals surface area (Å²) >= 11 is 1.31. The summed E-state index contributed by atoms with van der Waals surface area (Å²) in [7, 11) is 0. The Bertz CT molecular complexity index is 1190. The maximum Gasteiger partial charge on any atom is 0.295 e. The van der Waals surface area contributed by atoms with Crippen LogP contribution in [-0.2, 0) is 6.61 Å². The standard InChI is InChI=1S/C20H14FN3O3S/c21-15-8-2-1-6-13(15)12-27-24-11-5-7-14(19(24)26)18(25)23-20-22-16-9-3-4-10-17(16)28-20/h1-11H,12H2,(H,22,23,25). The van der Waals surface area contributed by atoms with Crippen LogP contribution in [0.4, 0.5) is 9.52 Å². The number of pyridine rings is 1. The van der Waals surface area contributed by atoms with Gasteiger partial charge in [0.1, 0.15) is 18.0 Å². The van der Waals surface area contributed by atoms with E-state index in [2.05, 4.69) is 10.3 Å². The molecule has 0 saturated carbocycles. The molecule has 0 radical (unpaired) electrons. The van der Waals surface area contributed by atoms with E-state index in [1.807, 2.05) is 24.3 Å². The van der Waals surface area contributed by atoms with Crippen LogP contribution >= 0.6 is 11.3 Å². The Balaban J connectivity index is 1.53. The van der Waals surface area contributed by atoms with Crippen LogP contribution in [0.3, 0.4) is 0 Å². The van der Waals surface area contributed by atoms with Crippen LogP contribution in [0.2, 0.25) is 0 Å². The maximum atomic E-state index is 13.7. The molecule has 2 aromatic heterocycles. The normalized spacial score (nSPS) is 10.8. The van der Waals surface area contributed by atoms with Crippen LogP contribution in [0, 0.1) is 5.82 Å². The SMILES string of the molecule is O=C(Nc1nc2ccccc2s1)c1cccn(OCc2ccccc2F)c1=O. The van der Waals surface area contributed by atoms with Crippen LogP contribution in [0.5, 0.6) is 0 Å². The van der Waals surface area contributed by atoms with E-state index in [0.717, 1.165) is 14.9 Å². The first-order valence-electron chi connectivity index (χ1n) is 8.37. The van der Waals surface area contributed by atoms with Gasteiger partial charge >= 0.3 is 0 Å². The van der Waals surface area contributed by atoms with Gasteiger partial charge in [0.05, 0.1) is 10.2 Å². The molecule has 140 valence electrons. The summed E-state index contributed by atoms with van der Waals surface area (Å²) in [5.74, 6) is -1.02. The lowest BCUT2D eigenvalue weighted by Gasteiger charge is -2.10. The first kappa shape index (κ1) is 17.9. The minimum Gasteiger partial charge on any atom is -0.406 e. The molecule has 0 bridgehead atoms. The van der Waals surface area contributed by atoms with Gasteiger partial charge in [-0.15, -0.1) is 0 Å². The Labute approximate surface area is 162 Å². The van der Waals surface area contributed by atoms with E-state index in [1.165, 1.54) is 35.7 Å². The van der Waals surface area contributed by atoms with E-state index < -0.39 is 17.3 Å². The molecule has 2 aromatic carbocycles. The minimum absolute atomic E-state index is 0.102. The van der Waals surface area contributed by atoms with Gasteiger partial charge in [-0.25, -0.2) is 9.37 Å². The number of rotatable bonds is 5. The molecule has 0 aliphatic carbocycles. The molecular weight excluding hydrogens is 381 g/mol. The van der Waals surface area contributed by atoms with Crippen molar-refractivity contribution in [2.24, 2.45) is 0 Å². The maximum absolute atomic E-state index is 13.7. The number of nitrogens with one attached hydrogen (secondary N) is 1. The number of nitrogens with zero attached hydrogens (tertiary/aromatic N) is 2. The second-order valence-corrected chi connectivity index (χ2v) is 6.89. The molecule has 4 aromatic rings. The van der Waals surface area contributed by atoms with Crippen molar-refractivity contribution in [2.75, 3.05) is 5.32 Å². The van der Waals surface area contributed by atoms with Gasteiger partial charge < -0.3 is 4.84 Å². The van der Waals surface area contributed by atoms with E-state index in [0.29, 0.717) is 10.7 Å². The number of hydrogen-bond acceptors (Lipinski definition) is 5. The molecule has 0 aliphatic rings. The highest BCUT2D eigenvalue weighted by molar-refractivity contribution is 7.22. The number of hydrogen-bond donors (Lipinski definition) is 1. The number of benzene rings is 2. The van der Waals surface area contributed by atoms with Crippen molar-refractivity contribution in [3.8, 4) is 0 Å². The van der Waals surface area contributed by atoms with Crippen molar-refractivity contribution >= 4 is 32.6 Å². The lowest BCUT2D eigenvalue weighted by molar-refractivity contribution is 0.0847. The largest absolute Gasteiger partial charge is 0.406 e. The number of amides is 1. The summed E-state index contributed by atoms with van der Waals surface area (Å²) in [4.78, 5) is 34.7. The summed E-state index contributed by atoms with van der Waals surface area (Å²) in [6.07, 6.45) is 1.37. The molecule has 6 nitrogen and oxygen atoms in total. The molecule has 0 saturated heterocycles. The van der Waals surface area contributed by atoms with Crippen molar-refractivity contribution in [2.45, 2.75) is 6.61 Å². The predicted octanol–water partition coefficient (Wildman–Crippen LogP) is 3.48. The number of aromatic nitrogens is 2. The number of carbonyl (C=O) groups excluding carboxylic acids is 1. The highest BCUT2D eigenvalue weighted by Gasteiger charge is 2.15. The third-order valence-corrected chi connectivity index (χ3v) is 4.94. The second kappa shape index (κ2) is 7.61. The van der Waals surface area contributed by atoms with Crippen LogP contribution in [-0.4, -0.2) is 15.6 Å². The molecule has 4 rings (SSSR count). The third kappa shape index (κ3) is 3.63. The average Bonchev–Trinajstić information content (AvgIpc) is 3.10. The Morgan fingerprint density at radius 3 is 2.71 bits per heavy atom. The molecule has 2 heterocycles. The number of halogens is 1. The zero-order valence-corrected chi connectivity index (χ0v) is 15.3. The molecule has 0 fully saturated rings. The Morgan fingerprint density at radius 1 is 1.11 bits per heavy atom. The number of fused-ring (bicyclic) bond motifs is 1. The van der Waals surface area contributed by atoms with Gasteiger partial charge in [-0.05, 0) is 30.3 Å². The lowest BCUT2D eigenvalue weighted by atomic mass is 10.2. The number of carbonyl (C=O) groups is 1.